The number of nitrogens with one attached hydrogen (secondary N) is 1. The zero-order chi connectivity index (χ0) is 14.6. The molecule has 4 nitrogen and oxygen atoms in total. The van der Waals surface area contributed by atoms with Gasteiger partial charge in [-0.3, -0.25) is 0 Å². The van der Waals surface area contributed by atoms with Gasteiger partial charge in [-0.25, -0.2) is 8.42 Å². The van der Waals surface area contributed by atoms with Crippen molar-refractivity contribution in [2.75, 3.05) is 13.1 Å². The van der Waals surface area contributed by atoms with Crippen LogP contribution in [0.15, 0.2) is 29.0 Å². The molecule has 1 N–H and O–H groups in total. The Balaban J connectivity index is 2.10. The molecule has 0 bridgehead atoms. The molecular weight excluding hydrogens is 292 g/mol. The molecular formula is C14H22N2O2S2. The van der Waals surface area contributed by atoms with E-state index < -0.39 is 10.0 Å². The minimum atomic E-state index is -3.37. The molecule has 1 heterocycles. The van der Waals surface area contributed by atoms with Crippen molar-refractivity contribution in [1.29, 1.82) is 0 Å². The van der Waals surface area contributed by atoms with Crippen LogP contribution in [0.2, 0.25) is 0 Å². The Bertz CT molecular complexity index is 547. The highest BCUT2D eigenvalue weighted by atomic mass is 32.2. The lowest BCUT2D eigenvalue weighted by atomic mass is 10.4. The van der Waals surface area contributed by atoms with Crippen LogP contribution in [0.3, 0.4) is 0 Å². The quantitative estimate of drug-likeness (QED) is 0.563. The average Bonchev–Trinajstić information content (AvgIpc) is 3.13. The van der Waals surface area contributed by atoms with E-state index in [4.69, 9.17) is 0 Å². The summed E-state index contributed by atoms with van der Waals surface area (Å²) in [6.07, 6.45) is 4.65. The van der Waals surface area contributed by atoms with Crippen molar-refractivity contribution in [2.45, 2.75) is 43.7 Å². The van der Waals surface area contributed by atoms with E-state index in [-0.39, 0.29) is 6.04 Å². The van der Waals surface area contributed by atoms with Gasteiger partial charge in [0.1, 0.15) is 0 Å². The third-order valence-electron chi connectivity index (χ3n) is 3.23. The fraction of sp³-hybridized carbons (Fsp3) is 0.571. The van der Waals surface area contributed by atoms with Gasteiger partial charge in [0.05, 0.1) is 4.90 Å². The SMILES string of the molecule is C=CCN(C1CC1)S(=O)(=O)c1csc(CNCCC)c1. The zero-order valence-corrected chi connectivity index (χ0v) is 13.5. The predicted octanol–water partition coefficient (Wildman–Crippen LogP) is 2.59. The second kappa shape index (κ2) is 6.85. The smallest absolute Gasteiger partial charge is 0.244 e. The summed E-state index contributed by atoms with van der Waals surface area (Å²) < 4.78 is 26.8. The lowest BCUT2D eigenvalue weighted by Crippen LogP contribution is -2.33. The van der Waals surface area contributed by atoms with Crippen LogP contribution in [0.5, 0.6) is 0 Å². The van der Waals surface area contributed by atoms with Gasteiger partial charge >= 0.3 is 0 Å². The minimum absolute atomic E-state index is 0.166. The van der Waals surface area contributed by atoms with Crippen LogP contribution in [-0.4, -0.2) is 31.9 Å². The maximum Gasteiger partial charge on any atom is 0.244 e. The van der Waals surface area contributed by atoms with Gasteiger partial charge in [0.2, 0.25) is 10.0 Å². The Hall–Kier alpha value is -0.690. The fourth-order valence-electron chi connectivity index (χ4n) is 2.05. The maximum atomic E-state index is 12.6. The molecule has 0 aromatic carbocycles. The van der Waals surface area contributed by atoms with Crippen LogP contribution in [0, 0.1) is 0 Å². The molecule has 1 aromatic heterocycles. The van der Waals surface area contributed by atoms with Gasteiger partial charge in [-0.1, -0.05) is 13.0 Å². The lowest BCUT2D eigenvalue weighted by Gasteiger charge is -2.19. The molecule has 20 heavy (non-hydrogen) atoms. The van der Waals surface area contributed by atoms with Crippen LogP contribution in [0.25, 0.3) is 0 Å². The average molecular weight is 314 g/mol. The molecule has 1 fully saturated rings. The summed E-state index contributed by atoms with van der Waals surface area (Å²) in [5, 5.41) is 5.04. The lowest BCUT2D eigenvalue weighted by molar-refractivity contribution is 0.436. The Morgan fingerprint density at radius 2 is 2.30 bits per heavy atom. The first-order valence-corrected chi connectivity index (χ1v) is 9.32. The Morgan fingerprint density at radius 3 is 2.90 bits per heavy atom. The molecule has 0 aliphatic heterocycles. The maximum absolute atomic E-state index is 12.6. The molecule has 1 aliphatic carbocycles. The minimum Gasteiger partial charge on any atom is -0.312 e. The van der Waals surface area contributed by atoms with E-state index in [0.717, 1.165) is 37.2 Å². The van der Waals surface area contributed by atoms with Crippen molar-refractivity contribution in [1.82, 2.24) is 9.62 Å². The van der Waals surface area contributed by atoms with Crippen LogP contribution in [0.1, 0.15) is 31.1 Å². The van der Waals surface area contributed by atoms with Crippen LogP contribution >= 0.6 is 11.3 Å². The van der Waals surface area contributed by atoms with E-state index >= 15 is 0 Å². The summed E-state index contributed by atoms with van der Waals surface area (Å²) in [7, 11) is -3.37. The highest BCUT2D eigenvalue weighted by molar-refractivity contribution is 7.89. The van der Waals surface area contributed by atoms with Crippen molar-refractivity contribution in [2.24, 2.45) is 0 Å². The number of hydrogen-bond donors (Lipinski definition) is 1. The number of hydrogen-bond acceptors (Lipinski definition) is 4. The van der Waals surface area contributed by atoms with Gasteiger partial charge in [0.15, 0.2) is 0 Å². The monoisotopic (exact) mass is 314 g/mol. The summed E-state index contributed by atoms with van der Waals surface area (Å²) in [5.74, 6) is 0. The molecule has 0 radical (unpaired) electrons. The number of rotatable bonds is 9. The second-order valence-electron chi connectivity index (χ2n) is 5.02. The topological polar surface area (TPSA) is 49.4 Å². The Morgan fingerprint density at radius 1 is 1.55 bits per heavy atom. The standard InChI is InChI=1S/C14H22N2O2S2/c1-3-7-15-10-13-9-14(11-19-13)20(17,18)16(8-4-2)12-5-6-12/h4,9,11-12,15H,2-3,5-8,10H2,1H3. The molecule has 2 rings (SSSR count). The largest absolute Gasteiger partial charge is 0.312 e. The summed E-state index contributed by atoms with van der Waals surface area (Å²) in [4.78, 5) is 1.48. The van der Waals surface area contributed by atoms with E-state index in [9.17, 15) is 8.42 Å². The predicted molar refractivity (Wildman–Crippen MR) is 83.4 cm³/mol. The third-order valence-corrected chi connectivity index (χ3v) is 6.21. The molecule has 0 amide bonds. The first-order valence-electron chi connectivity index (χ1n) is 7.00. The van der Waals surface area contributed by atoms with Crippen molar-refractivity contribution >= 4 is 21.4 Å². The first kappa shape index (κ1) is 15.7. The third kappa shape index (κ3) is 3.69. The number of nitrogens with zero attached hydrogens (tertiary/aromatic N) is 1. The first-order chi connectivity index (χ1) is 9.59. The van der Waals surface area contributed by atoms with Crippen molar-refractivity contribution < 1.29 is 8.42 Å². The molecule has 1 aromatic rings. The van der Waals surface area contributed by atoms with Gasteiger partial charge in [-0.05, 0) is 31.9 Å². The van der Waals surface area contributed by atoms with Gasteiger partial charge in [0, 0.05) is 29.4 Å². The molecule has 0 atom stereocenters. The van der Waals surface area contributed by atoms with E-state index in [1.54, 1.807) is 21.8 Å². The van der Waals surface area contributed by atoms with Gasteiger partial charge in [-0.2, -0.15) is 4.31 Å². The summed E-state index contributed by atoms with van der Waals surface area (Å²) in [6, 6.07) is 1.96. The van der Waals surface area contributed by atoms with Crippen molar-refractivity contribution in [3.05, 3.63) is 29.0 Å². The molecule has 1 aliphatic rings. The molecule has 1 saturated carbocycles. The zero-order valence-electron chi connectivity index (χ0n) is 11.8. The highest BCUT2D eigenvalue weighted by Gasteiger charge is 2.37. The van der Waals surface area contributed by atoms with E-state index in [1.807, 2.05) is 0 Å². The molecule has 112 valence electrons. The summed E-state index contributed by atoms with van der Waals surface area (Å²) in [6.45, 7) is 7.85. The summed E-state index contributed by atoms with van der Waals surface area (Å²) in [5.41, 5.74) is 0. The van der Waals surface area contributed by atoms with Gasteiger partial charge in [0.25, 0.3) is 0 Å². The Kier molecular flexibility index (Phi) is 5.37. The van der Waals surface area contributed by atoms with Crippen molar-refractivity contribution in [3.8, 4) is 0 Å². The molecule has 0 spiro atoms. The van der Waals surface area contributed by atoms with E-state index in [2.05, 4.69) is 18.8 Å². The normalized spacial score (nSPS) is 15.7. The second-order valence-corrected chi connectivity index (χ2v) is 7.91. The van der Waals surface area contributed by atoms with Gasteiger partial charge < -0.3 is 5.32 Å². The van der Waals surface area contributed by atoms with Gasteiger partial charge in [-0.15, -0.1) is 17.9 Å². The fourth-order valence-corrected chi connectivity index (χ4v) is 4.93. The van der Waals surface area contributed by atoms with Crippen LogP contribution in [-0.2, 0) is 16.6 Å². The highest BCUT2D eigenvalue weighted by Crippen LogP contribution is 2.33. The number of thiophene rings is 1. The summed E-state index contributed by atoms with van der Waals surface area (Å²) >= 11 is 1.50. The van der Waals surface area contributed by atoms with Crippen LogP contribution in [0.4, 0.5) is 0 Å². The Labute approximate surface area is 125 Å². The molecule has 6 heteroatoms. The van der Waals surface area contributed by atoms with E-state index in [0.29, 0.717) is 11.4 Å². The molecule has 0 unspecified atom stereocenters. The van der Waals surface area contributed by atoms with Crippen molar-refractivity contribution in [3.63, 3.8) is 0 Å². The van der Waals surface area contributed by atoms with E-state index in [1.165, 1.54) is 11.3 Å². The molecule has 0 saturated heterocycles. The number of sulfonamides is 1. The van der Waals surface area contributed by atoms with Crippen LogP contribution < -0.4 is 5.32 Å².